The fraction of sp³-hybridized carbons (Fsp3) is 0.538. The van der Waals surface area contributed by atoms with Gasteiger partial charge in [0.1, 0.15) is 0 Å². The largest absolute Gasteiger partial charge is 0.397 e. The van der Waals surface area contributed by atoms with Crippen molar-refractivity contribution in [2.45, 2.75) is 20.3 Å². The van der Waals surface area contributed by atoms with Crippen molar-refractivity contribution >= 4 is 23.0 Å². The van der Waals surface area contributed by atoms with E-state index in [1.165, 1.54) is 6.42 Å². The van der Waals surface area contributed by atoms with Gasteiger partial charge in [-0.25, -0.2) is 0 Å². The molecule has 1 aromatic rings. The maximum Gasteiger partial charge on any atom is 0.0789 e. The van der Waals surface area contributed by atoms with E-state index in [1.54, 1.807) is 0 Å². The number of para-hydroxylation sites is 1. The average Bonchev–Trinajstić information content (AvgIpc) is 2.66. The first-order valence-corrected chi connectivity index (χ1v) is 6.26. The predicted molar refractivity (Wildman–Crippen MR) is 71.0 cm³/mol. The summed E-state index contributed by atoms with van der Waals surface area (Å²) >= 11 is 6.22. The van der Waals surface area contributed by atoms with E-state index >= 15 is 0 Å². The van der Waals surface area contributed by atoms with Gasteiger partial charge >= 0.3 is 0 Å². The molecule has 0 spiro atoms. The van der Waals surface area contributed by atoms with Crippen molar-refractivity contribution in [2.24, 2.45) is 11.8 Å². The highest BCUT2D eigenvalue weighted by atomic mass is 35.5. The predicted octanol–water partition coefficient (Wildman–Crippen LogP) is 3.40. The fourth-order valence-corrected chi connectivity index (χ4v) is 2.70. The topological polar surface area (TPSA) is 29.3 Å². The van der Waals surface area contributed by atoms with E-state index in [9.17, 15) is 0 Å². The van der Waals surface area contributed by atoms with Crippen molar-refractivity contribution < 1.29 is 0 Å². The van der Waals surface area contributed by atoms with Crippen molar-refractivity contribution in [3.05, 3.63) is 23.2 Å². The summed E-state index contributed by atoms with van der Waals surface area (Å²) in [6.45, 7) is 6.70. The number of anilines is 2. The number of nitrogens with two attached hydrogens (primary N) is 1. The third-order valence-electron chi connectivity index (χ3n) is 3.50. The molecule has 0 amide bonds. The lowest BCUT2D eigenvalue weighted by molar-refractivity contribution is 0.423. The Labute approximate surface area is 102 Å². The molecule has 0 bridgehead atoms. The molecular weight excluding hydrogens is 220 g/mol. The number of benzene rings is 1. The normalized spacial score (nSPS) is 20.8. The Bertz CT molecular complexity index is 356. The number of rotatable bonds is 2. The molecule has 1 aliphatic rings. The van der Waals surface area contributed by atoms with Crippen LogP contribution in [0.2, 0.25) is 5.02 Å². The van der Waals surface area contributed by atoms with Gasteiger partial charge in [0.2, 0.25) is 0 Å². The highest BCUT2D eigenvalue weighted by Crippen LogP contribution is 2.36. The van der Waals surface area contributed by atoms with Gasteiger partial charge in [-0.1, -0.05) is 31.5 Å². The Morgan fingerprint density at radius 2 is 2.19 bits per heavy atom. The van der Waals surface area contributed by atoms with Gasteiger partial charge in [0, 0.05) is 13.1 Å². The molecule has 3 heteroatoms. The van der Waals surface area contributed by atoms with Gasteiger partial charge in [-0.05, 0) is 30.4 Å². The second-order valence-electron chi connectivity index (χ2n) is 4.92. The molecule has 1 unspecified atom stereocenters. The molecule has 2 nitrogen and oxygen atoms in total. The number of hydrogen-bond donors (Lipinski definition) is 1. The SMILES string of the molecule is CC(C)C1CCN(c2c(N)cccc2Cl)C1. The summed E-state index contributed by atoms with van der Waals surface area (Å²) in [6, 6.07) is 5.73. The van der Waals surface area contributed by atoms with Gasteiger partial charge in [0.25, 0.3) is 0 Å². The summed E-state index contributed by atoms with van der Waals surface area (Å²) in [5, 5.41) is 0.768. The maximum absolute atomic E-state index is 6.22. The van der Waals surface area contributed by atoms with Gasteiger partial charge < -0.3 is 10.6 Å². The van der Waals surface area contributed by atoms with Crippen molar-refractivity contribution in [1.29, 1.82) is 0 Å². The molecule has 1 fully saturated rings. The molecule has 1 saturated heterocycles. The quantitative estimate of drug-likeness (QED) is 0.801. The monoisotopic (exact) mass is 238 g/mol. The Balaban J connectivity index is 2.20. The van der Waals surface area contributed by atoms with Crippen LogP contribution in [0.1, 0.15) is 20.3 Å². The Hall–Kier alpha value is -0.890. The van der Waals surface area contributed by atoms with Crippen LogP contribution in [0.15, 0.2) is 18.2 Å². The van der Waals surface area contributed by atoms with Crippen molar-refractivity contribution in [3.8, 4) is 0 Å². The molecule has 0 saturated carbocycles. The minimum Gasteiger partial charge on any atom is -0.397 e. The molecular formula is C13H19ClN2. The standard InChI is InChI=1S/C13H19ClN2/c1-9(2)10-6-7-16(8-10)13-11(14)4-3-5-12(13)15/h3-5,9-10H,6-8,15H2,1-2H3. The number of halogens is 1. The zero-order valence-electron chi connectivity index (χ0n) is 9.91. The van der Waals surface area contributed by atoms with Crippen LogP contribution in [0.5, 0.6) is 0 Å². The number of nitrogens with zero attached hydrogens (tertiary/aromatic N) is 1. The Kier molecular flexibility index (Phi) is 3.29. The van der Waals surface area contributed by atoms with E-state index in [4.69, 9.17) is 17.3 Å². The summed E-state index contributed by atoms with van der Waals surface area (Å²) in [6.07, 6.45) is 1.24. The van der Waals surface area contributed by atoms with E-state index in [0.717, 1.165) is 41.3 Å². The zero-order chi connectivity index (χ0) is 11.7. The maximum atomic E-state index is 6.22. The van der Waals surface area contributed by atoms with Crippen LogP contribution in [0.3, 0.4) is 0 Å². The molecule has 1 atom stereocenters. The minimum absolute atomic E-state index is 0.730. The van der Waals surface area contributed by atoms with Crippen LogP contribution >= 0.6 is 11.6 Å². The van der Waals surface area contributed by atoms with Gasteiger partial charge in [0.05, 0.1) is 16.4 Å². The molecule has 0 aliphatic carbocycles. The molecule has 1 heterocycles. The van der Waals surface area contributed by atoms with Crippen LogP contribution in [-0.4, -0.2) is 13.1 Å². The average molecular weight is 239 g/mol. The zero-order valence-corrected chi connectivity index (χ0v) is 10.7. The lowest BCUT2D eigenvalue weighted by atomic mass is 9.95. The molecule has 1 aromatic carbocycles. The molecule has 0 radical (unpaired) electrons. The summed E-state index contributed by atoms with van der Waals surface area (Å²) < 4.78 is 0. The van der Waals surface area contributed by atoms with E-state index in [2.05, 4.69) is 18.7 Å². The molecule has 88 valence electrons. The lowest BCUT2D eigenvalue weighted by Gasteiger charge is -2.22. The number of hydrogen-bond acceptors (Lipinski definition) is 2. The van der Waals surface area contributed by atoms with Crippen LogP contribution < -0.4 is 10.6 Å². The van der Waals surface area contributed by atoms with E-state index in [-0.39, 0.29) is 0 Å². The third kappa shape index (κ3) is 2.12. The smallest absolute Gasteiger partial charge is 0.0789 e. The second-order valence-corrected chi connectivity index (χ2v) is 5.32. The Morgan fingerprint density at radius 1 is 1.44 bits per heavy atom. The summed E-state index contributed by atoms with van der Waals surface area (Å²) in [4.78, 5) is 2.32. The van der Waals surface area contributed by atoms with E-state index in [0.29, 0.717) is 0 Å². The van der Waals surface area contributed by atoms with Gasteiger partial charge in [0.15, 0.2) is 0 Å². The van der Waals surface area contributed by atoms with Crippen LogP contribution in [0.4, 0.5) is 11.4 Å². The van der Waals surface area contributed by atoms with Gasteiger partial charge in [-0.3, -0.25) is 0 Å². The summed E-state index contributed by atoms with van der Waals surface area (Å²) in [5.74, 6) is 1.49. The first kappa shape index (κ1) is 11.6. The van der Waals surface area contributed by atoms with E-state index in [1.807, 2.05) is 18.2 Å². The molecule has 2 N–H and O–H groups in total. The molecule has 1 aliphatic heterocycles. The van der Waals surface area contributed by atoms with Gasteiger partial charge in [-0.2, -0.15) is 0 Å². The third-order valence-corrected chi connectivity index (χ3v) is 3.81. The Morgan fingerprint density at radius 3 is 2.75 bits per heavy atom. The summed E-state index contributed by atoms with van der Waals surface area (Å²) in [7, 11) is 0. The second kappa shape index (κ2) is 4.54. The minimum atomic E-state index is 0.730. The molecule has 16 heavy (non-hydrogen) atoms. The highest BCUT2D eigenvalue weighted by molar-refractivity contribution is 6.34. The molecule has 0 aromatic heterocycles. The molecule has 2 rings (SSSR count). The first-order chi connectivity index (χ1) is 7.59. The highest BCUT2D eigenvalue weighted by Gasteiger charge is 2.27. The fourth-order valence-electron chi connectivity index (χ4n) is 2.40. The van der Waals surface area contributed by atoms with Crippen LogP contribution in [0, 0.1) is 11.8 Å². The lowest BCUT2D eigenvalue weighted by Crippen LogP contribution is -2.22. The number of nitrogen functional groups attached to an aromatic ring is 1. The van der Waals surface area contributed by atoms with Crippen molar-refractivity contribution in [2.75, 3.05) is 23.7 Å². The van der Waals surface area contributed by atoms with Crippen molar-refractivity contribution in [3.63, 3.8) is 0 Å². The van der Waals surface area contributed by atoms with Crippen LogP contribution in [-0.2, 0) is 0 Å². The van der Waals surface area contributed by atoms with E-state index < -0.39 is 0 Å². The van der Waals surface area contributed by atoms with Crippen LogP contribution in [0.25, 0.3) is 0 Å². The first-order valence-electron chi connectivity index (χ1n) is 5.88. The van der Waals surface area contributed by atoms with Crippen molar-refractivity contribution in [1.82, 2.24) is 0 Å². The summed E-state index contributed by atoms with van der Waals surface area (Å²) in [5.41, 5.74) is 7.81. The van der Waals surface area contributed by atoms with Gasteiger partial charge in [-0.15, -0.1) is 0 Å².